The summed E-state index contributed by atoms with van der Waals surface area (Å²) in [5, 5.41) is 10.9. The molecule has 0 saturated carbocycles. The Hall–Kier alpha value is -0.390. The zero-order chi connectivity index (χ0) is 16.5. The van der Waals surface area contributed by atoms with E-state index in [1.807, 2.05) is 13.8 Å². The summed E-state index contributed by atoms with van der Waals surface area (Å²) in [4.78, 5) is -0.277. The topological polar surface area (TPSA) is 65.0 Å². The molecular formula is C15H22BrO5P. The molecule has 0 aromatic heterocycles. The summed E-state index contributed by atoms with van der Waals surface area (Å²) < 4.78 is 29.4. The quantitative estimate of drug-likeness (QED) is 0.613. The molecule has 0 saturated heterocycles. The van der Waals surface area contributed by atoms with Crippen molar-refractivity contribution < 1.29 is 23.5 Å². The predicted octanol–water partition coefficient (Wildman–Crippen LogP) is 3.55. The second-order valence-electron chi connectivity index (χ2n) is 5.61. The van der Waals surface area contributed by atoms with Gasteiger partial charge in [-0.2, -0.15) is 0 Å². The minimum Gasteiger partial charge on any atom is -0.486 e. The van der Waals surface area contributed by atoms with Crippen LogP contribution in [-0.4, -0.2) is 28.7 Å². The average Bonchev–Trinajstić information content (AvgIpc) is 2.45. The Bertz CT molecular complexity index is 579. The summed E-state index contributed by atoms with van der Waals surface area (Å²) in [5.74, 6) is 0.580. The molecule has 2 atom stereocenters. The molecule has 0 aliphatic carbocycles. The van der Waals surface area contributed by atoms with Crippen LogP contribution < -0.4 is 10.0 Å². The van der Waals surface area contributed by atoms with Crippen LogP contribution in [0.25, 0.3) is 0 Å². The molecule has 124 valence electrons. The first kappa shape index (κ1) is 18.0. The molecule has 7 heteroatoms. The van der Waals surface area contributed by atoms with Gasteiger partial charge in [0.2, 0.25) is 0 Å². The molecule has 0 radical (unpaired) electrons. The van der Waals surface area contributed by atoms with E-state index >= 15 is 0 Å². The van der Waals surface area contributed by atoms with E-state index in [-0.39, 0.29) is 18.0 Å². The van der Waals surface area contributed by atoms with Crippen molar-refractivity contribution in [3.63, 3.8) is 0 Å². The van der Waals surface area contributed by atoms with Crippen LogP contribution in [0.5, 0.6) is 5.75 Å². The van der Waals surface area contributed by atoms with E-state index in [2.05, 4.69) is 15.9 Å². The maximum Gasteiger partial charge on any atom is 0.361 e. The largest absolute Gasteiger partial charge is 0.486 e. The van der Waals surface area contributed by atoms with Gasteiger partial charge in [-0.3, -0.25) is 4.57 Å². The van der Waals surface area contributed by atoms with Crippen molar-refractivity contribution in [1.29, 1.82) is 0 Å². The van der Waals surface area contributed by atoms with Crippen LogP contribution in [0.15, 0.2) is 18.2 Å². The Morgan fingerprint density at radius 1 is 1.32 bits per heavy atom. The second kappa shape index (κ2) is 6.62. The van der Waals surface area contributed by atoms with Crippen molar-refractivity contribution in [3.8, 4) is 5.75 Å². The molecule has 2 rings (SSSR count). The van der Waals surface area contributed by atoms with E-state index in [0.29, 0.717) is 16.6 Å². The van der Waals surface area contributed by atoms with Crippen LogP contribution in [0.1, 0.15) is 39.4 Å². The van der Waals surface area contributed by atoms with Crippen LogP contribution >= 0.6 is 23.5 Å². The van der Waals surface area contributed by atoms with Crippen LogP contribution in [0.3, 0.4) is 0 Å². The van der Waals surface area contributed by atoms with Gasteiger partial charge in [-0.05, 0) is 45.9 Å². The second-order valence-corrected chi connectivity index (χ2v) is 8.62. The zero-order valence-electron chi connectivity index (χ0n) is 13.2. The normalized spacial score (nSPS) is 23.7. The molecule has 0 bridgehead atoms. The molecule has 5 nitrogen and oxygen atoms in total. The smallest absolute Gasteiger partial charge is 0.361 e. The summed E-state index contributed by atoms with van der Waals surface area (Å²) in [6, 6.07) is 5.02. The highest BCUT2D eigenvalue weighted by Gasteiger charge is 2.42. The lowest BCUT2D eigenvalue weighted by molar-refractivity contribution is 0.0226. The fourth-order valence-electron chi connectivity index (χ4n) is 2.43. The van der Waals surface area contributed by atoms with Gasteiger partial charge in [0.15, 0.2) is 0 Å². The van der Waals surface area contributed by atoms with E-state index in [0.717, 1.165) is 0 Å². The molecule has 1 aromatic rings. The van der Waals surface area contributed by atoms with Gasteiger partial charge in [0.25, 0.3) is 0 Å². The van der Waals surface area contributed by atoms with Gasteiger partial charge in [0.1, 0.15) is 11.4 Å². The molecule has 0 amide bonds. The van der Waals surface area contributed by atoms with Crippen molar-refractivity contribution in [3.05, 3.63) is 23.8 Å². The maximum atomic E-state index is 12.8. The molecule has 22 heavy (non-hydrogen) atoms. The highest BCUT2D eigenvalue weighted by Crippen LogP contribution is 2.49. The molecule has 1 heterocycles. The van der Waals surface area contributed by atoms with Crippen molar-refractivity contribution in [2.24, 2.45) is 0 Å². The molecular weight excluding hydrogens is 371 g/mol. The average molecular weight is 393 g/mol. The molecule has 1 aromatic carbocycles. The summed E-state index contributed by atoms with van der Waals surface area (Å²) >= 11 is 3.47. The molecule has 1 aliphatic rings. The number of hydrogen-bond donors (Lipinski definition) is 1. The van der Waals surface area contributed by atoms with Crippen molar-refractivity contribution >= 4 is 28.8 Å². The Kier molecular flexibility index (Phi) is 5.40. The lowest BCUT2D eigenvalue weighted by Gasteiger charge is -2.40. The van der Waals surface area contributed by atoms with Gasteiger partial charge in [-0.25, -0.2) is 0 Å². The van der Waals surface area contributed by atoms with Gasteiger partial charge in [0.05, 0.1) is 29.4 Å². The standard InChI is InChI=1S/C15H22BrO5P/c1-5-19-22(18,20-6-2)10-7-8-12-11(9-10)13(17)14(16)15(3,4)21-12/h7-9,13-14,17H,5-6H2,1-4H3. The fourth-order valence-corrected chi connectivity index (χ4v) is 4.42. The number of aliphatic hydroxyl groups excluding tert-OH is 1. The number of rotatable bonds is 5. The van der Waals surface area contributed by atoms with Gasteiger partial charge in [0, 0.05) is 5.56 Å². The van der Waals surface area contributed by atoms with Crippen molar-refractivity contribution in [2.45, 2.75) is 44.2 Å². The number of aliphatic hydroxyl groups is 1. The third-order valence-electron chi connectivity index (χ3n) is 3.54. The first-order chi connectivity index (χ1) is 10.2. The molecule has 0 spiro atoms. The summed E-state index contributed by atoms with van der Waals surface area (Å²) in [7, 11) is -3.38. The van der Waals surface area contributed by atoms with E-state index in [4.69, 9.17) is 13.8 Å². The number of benzene rings is 1. The zero-order valence-corrected chi connectivity index (χ0v) is 15.7. The molecule has 1 aliphatic heterocycles. The Labute approximate surface area is 139 Å². The van der Waals surface area contributed by atoms with Crippen molar-refractivity contribution in [1.82, 2.24) is 0 Å². The highest BCUT2D eigenvalue weighted by atomic mass is 79.9. The Balaban J connectivity index is 2.46. The SMILES string of the molecule is CCOP(=O)(OCC)c1ccc2c(c1)C(O)C(Br)C(C)(C)O2. The number of alkyl halides is 1. The van der Waals surface area contributed by atoms with E-state index < -0.39 is 19.3 Å². The number of ether oxygens (including phenoxy) is 1. The summed E-state index contributed by atoms with van der Waals surface area (Å²) in [5.41, 5.74) is 0.0376. The summed E-state index contributed by atoms with van der Waals surface area (Å²) in [6.07, 6.45) is -0.768. The molecule has 1 N–H and O–H groups in total. The van der Waals surface area contributed by atoms with E-state index in [1.165, 1.54) is 0 Å². The predicted molar refractivity (Wildman–Crippen MR) is 89.3 cm³/mol. The van der Waals surface area contributed by atoms with Gasteiger partial charge in [-0.15, -0.1) is 0 Å². The van der Waals surface area contributed by atoms with Crippen LogP contribution in [0.4, 0.5) is 0 Å². The Morgan fingerprint density at radius 2 is 1.91 bits per heavy atom. The maximum absolute atomic E-state index is 12.8. The third kappa shape index (κ3) is 3.26. The van der Waals surface area contributed by atoms with Gasteiger partial charge in [-0.1, -0.05) is 15.9 Å². The monoisotopic (exact) mass is 392 g/mol. The lowest BCUT2D eigenvalue weighted by Crippen LogP contribution is -2.45. The first-order valence-corrected chi connectivity index (χ1v) is 9.75. The molecule has 0 fully saturated rings. The van der Waals surface area contributed by atoms with Gasteiger partial charge < -0.3 is 18.9 Å². The minimum absolute atomic E-state index is 0.277. The summed E-state index contributed by atoms with van der Waals surface area (Å²) in [6.45, 7) is 7.89. The van der Waals surface area contributed by atoms with Crippen LogP contribution in [0.2, 0.25) is 0 Å². The molecule has 2 unspecified atom stereocenters. The number of halogens is 1. The van der Waals surface area contributed by atoms with Gasteiger partial charge >= 0.3 is 7.60 Å². The Morgan fingerprint density at radius 3 is 2.45 bits per heavy atom. The number of hydrogen-bond acceptors (Lipinski definition) is 5. The van der Waals surface area contributed by atoms with E-state index in [1.54, 1.807) is 32.0 Å². The number of fused-ring (bicyclic) bond motifs is 1. The minimum atomic E-state index is -3.38. The van der Waals surface area contributed by atoms with Crippen LogP contribution in [-0.2, 0) is 13.6 Å². The highest BCUT2D eigenvalue weighted by molar-refractivity contribution is 9.09. The first-order valence-electron chi connectivity index (χ1n) is 7.30. The third-order valence-corrected chi connectivity index (χ3v) is 7.25. The fraction of sp³-hybridized carbons (Fsp3) is 0.600. The van der Waals surface area contributed by atoms with E-state index in [9.17, 15) is 9.67 Å². The van der Waals surface area contributed by atoms with Crippen molar-refractivity contribution in [2.75, 3.05) is 13.2 Å². The van der Waals surface area contributed by atoms with Crippen LogP contribution in [0, 0.1) is 0 Å². The lowest BCUT2D eigenvalue weighted by atomic mass is 9.91.